The van der Waals surface area contributed by atoms with E-state index in [-0.39, 0.29) is 32.8 Å². The lowest BCUT2D eigenvalue weighted by molar-refractivity contribution is -0.119. The van der Waals surface area contributed by atoms with E-state index in [4.69, 9.17) is 14.6 Å². The van der Waals surface area contributed by atoms with Crippen LogP contribution in [0.25, 0.3) is 10.8 Å². The van der Waals surface area contributed by atoms with Crippen LogP contribution in [0.15, 0.2) is 52.2 Å². The number of methoxy groups -OCH3 is 1. The Morgan fingerprint density at radius 2 is 1.87 bits per heavy atom. The number of hydrogen-bond donors (Lipinski definition) is 3. The zero-order valence-electron chi connectivity index (χ0n) is 15.5. The van der Waals surface area contributed by atoms with E-state index in [9.17, 15) is 22.8 Å². The van der Waals surface area contributed by atoms with Crippen molar-refractivity contribution < 1.29 is 27.5 Å². The minimum absolute atomic E-state index is 0.0120. The first kappa shape index (κ1) is 21.0. The van der Waals surface area contributed by atoms with Crippen LogP contribution in [-0.4, -0.2) is 44.2 Å². The summed E-state index contributed by atoms with van der Waals surface area (Å²) in [7, 11) is -2.81. The second-order valence-electron chi connectivity index (χ2n) is 5.98. The number of benzene rings is 2. The Kier molecular flexibility index (Phi) is 5.80. The minimum atomic E-state index is -4.09. The van der Waals surface area contributed by atoms with Crippen LogP contribution in [0, 0.1) is 0 Å². The van der Waals surface area contributed by atoms with E-state index in [1.807, 2.05) is 0 Å². The van der Waals surface area contributed by atoms with Gasteiger partial charge in [-0.3, -0.25) is 9.59 Å². The van der Waals surface area contributed by atoms with Gasteiger partial charge in [0.2, 0.25) is 10.0 Å². The maximum Gasteiger partial charge on any atom is 0.359 e. The molecular weight excluding hydrogens is 416 g/mol. The molecule has 0 saturated carbocycles. The van der Waals surface area contributed by atoms with Crippen LogP contribution in [0.4, 0.5) is 5.69 Å². The summed E-state index contributed by atoms with van der Waals surface area (Å²) in [6, 6.07) is 10.1. The fraction of sp³-hybridized carbons (Fsp3) is 0.111. The lowest BCUT2D eigenvalue weighted by atomic mass is 10.1. The molecule has 12 heteroatoms. The highest BCUT2D eigenvalue weighted by atomic mass is 32.2. The Morgan fingerprint density at radius 1 is 1.17 bits per heavy atom. The minimum Gasteiger partial charge on any atom is -0.495 e. The second-order valence-corrected chi connectivity index (χ2v) is 7.51. The van der Waals surface area contributed by atoms with E-state index in [1.165, 1.54) is 31.4 Å². The quantitative estimate of drug-likeness (QED) is 0.469. The molecule has 0 aliphatic carbocycles. The number of aromatic amines is 1. The third-order valence-electron chi connectivity index (χ3n) is 3.98. The number of rotatable bonds is 6. The van der Waals surface area contributed by atoms with Gasteiger partial charge in [0, 0.05) is 11.1 Å². The molecule has 1 heterocycles. The fourth-order valence-electron chi connectivity index (χ4n) is 2.64. The number of fused-ring (bicyclic) bond motifs is 1. The zero-order valence-corrected chi connectivity index (χ0v) is 16.4. The van der Waals surface area contributed by atoms with Crippen LogP contribution in [-0.2, 0) is 19.6 Å². The summed E-state index contributed by atoms with van der Waals surface area (Å²) in [5.74, 6) is -1.64. The number of ether oxygens (including phenoxy) is 2. The number of nitrogens with two attached hydrogens (primary N) is 1. The number of H-pyrrole nitrogens is 1. The van der Waals surface area contributed by atoms with Crippen molar-refractivity contribution >= 4 is 38.4 Å². The number of amides is 1. The van der Waals surface area contributed by atoms with E-state index >= 15 is 0 Å². The number of nitrogens with one attached hydrogen (secondary N) is 2. The lowest BCUT2D eigenvalue weighted by Crippen LogP contribution is -2.23. The van der Waals surface area contributed by atoms with Crippen molar-refractivity contribution in [2.45, 2.75) is 4.90 Å². The van der Waals surface area contributed by atoms with Crippen LogP contribution in [0.5, 0.6) is 5.75 Å². The summed E-state index contributed by atoms with van der Waals surface area (Å²) >= 11 is 0. The van der Waals surface area contributed by atoms with Crippen LogP contribution in [0.1, 0.15) is 10.5 Å². The molecule has 0 aliphatic rings. The predicted molar refractivity (Wildman–Crippen MR) is 106 cm³/mol. The number of esters is 1. The van der Waals surface area contributed by atoms with Gasteiger partial charge in [0.25, 0.3) is 11.5 Å². The average Bonchev–Trinajstić information content (AvgIpc) is 2.72. The molecule has 1 aromatic heterocycles. The summed E-state index contributed by atoms with van der Waals surface area (Å²) in [6.07, 6.45) is 0. The molecule has 2 aromatic carbocycles. The van der Waals surface area contributed by atoms with Crippen LogP contribution >= 0.6 is 0 Å². The van der Waals surface area contributed by atoms with E-state index in [0.29, 0.717) is 0 Å². The molecule has 1 amide bonds. The molecule has 0 saturated heterocycles. The Balaban J connectivity index is 1.72. The third-order valence-corrected chi connectivity index (χ3v) is 4.91. The van der Waals surface area contributed by atoms with Crippen molar-refractivity contribution in [3.63, 3.8) is 0 Å². The first-order valence-electron chi connectivity index (χ1n) is 8.36. The molecule has 156 valence electrons. The van der Waals surface area contributed by atoms with E-state index < -0.39 is 34.1 Å². The Hall–Kier alpha value is -3.77. The standard InChI is InChI=1S/C18H16N4O7S/c1-28-13-7-6-10(8-14(13)30(19,26)27)20-15(23)9-29-18(25)16-11-4-2-3-5-12(11)17(24)22-21-16/h2-8H,9H2,1H3,(H,20,23)(H,22,24)(H2,19,26,27). The summed E-state index contributed by atoms with van der Waals surface area (Å²) in [6.45, 7) is -0.676. The van der Waals surface area contributed by atoms with Crippen molar-refractivity contribution in [1.29, 1.82) is 0 Å². The van der Waals surface area contributed by atoms with Crippen molar-refractivity contribution in [2.75, 3.05) is 19.0 Å². The Bertz CT molecular complexity index is 1300. The van der Waals surface area contributed by atoms with E-state index in [1.54, 1.807) is 12.1 Å². The zero-order chi connectivity index (χ0) is 21.9. The third kappa shape index (κ3) is 4.45. The molecule has 0 fully saturated rings. The van der Waals surface area contributed by atoms with Gasteiger partial charge in [0.15, 0.2) is 12.3 Å². The van der Waals surface area contributed by atoms with E-state index in [2.05, 4.69) is 15.5 Å². The molecule has 30 heavy (non-hydrogen) atoms. The number of sulfonamides is 1. The fourth-order valence-corrected chi connectivity index (χ4v) is 3.37. The number of anilines is 1. The smallest absolute Gasteiger partial charge is 0.359 e. The summed E-state index contributed by atoms with van der Waals surface area (Å²) < 4.78 is 33.2. The topological polar surface area (TPSA) is 171 Å². The molecule has 3 rings (SSSR count). The maximum absolute atomic E-state index is 12.3. The lowest BCUT2D eigenvalue weighted by Gasteiger charge is -2.10. The predicted octanol–water partition coefficient (Wildman–Crippen LogP) is 0.375. The molecule has 0 bridgehead atoms. The van der Waals surface area contributed by atoms with Crippen molar-refractivity contribution in [3.05, 3.63) is 58.5 Å². The van der Waals surface area contributed by atoms with Gasteiger partial charge in [-0.15, -0.1) is 0 Å². The van der Waals surface area contributed by atoms with Crippen LogP contribution in [0.3, 0.4) is 0 Å². The molecule has 3 aromatic rings. The molecule has 0 atom stereocenters. The van der Waals surface area contributed by atoms with Crippen molar-refractivity contribution in [1.82, 2.24) is 10.2 Å². The molecular formula is C18H16N4O7S. The summed E-state index contributed by atoms with van der Waals surface area (Å²) in [4.78, 5) is 35.9. The van der Waals surface area contributed by atoms with Gasteiger partial charge in [-0.1, -0.05) is 18.2 Å². The maximum atomic E-state index is 12.3. The van der Waals surface area contributed by atoms with Crippen molar-refractivity contribution in [3.8, 4) is 5.75 Å². The SMILES string of the molecule is COc1ccc(NC(=O)COC(=O)c2n[nH]c(=O)c3ccccc23)cc1S(N)(=O)=O. The highest BCUT2D eigenvalue weighted by molar-refractivity contribution is 7.89. The normalized spacial score (nSPS) is 11.1. The Morgan fingerprint density at radius 3 is 2.53 bits per heavy atom. The van der Waals surface area contributed by atoms with Gasteiger partial charge in [-0.05, 0) is 24.3 Å². The summed E-state index contributed by atoms with van der Waals surface area (Å²) in [5, 5.41) is 13.9. The number of hydrogen-bond acceptors (Lipinski definition) is 8. The van der Waals surface area contributed by atoms with Crippen molar-refractivity contribution in [2.24, 2.45) is 5.14 Å². The van der Waals surface area contributed by atoms with Crippen LogP contribution in [0.2, 0.25) is 0 Å². The molecule has 0 spiro atoms. The van der Waals surface area contributed by atoms with Gasteiger partial charge < -0.3 is 14.8 Å². The van der Waals surface area contributed by atoms with Gasteiger partial charge in [0.05, 0.1) is 12.5 Å². The van der Waals surface area contributed by atoms with E-state index in [0.717, 1.165) is 6.07 Å². The molecule has 0 radical (unpaired) electrons. The van der Waals surface area contributed by atoms with Gasteiger partial charge >= 0.3 is 5.97 Å². The molecule has 11 nitrogen and oxygen atoms in total. The number of nitrogens with zero attached hydrogens (tertiary/aromatic N) is 1. The molecule has 0 unspecified atom stereocenters. The molecule has 4 N–H and O–H groups in total. The molecule has 0 aliphatic heterocycles. The number of primary sulfonamides is 1. The van der Waals surface area contributed by atoms with Gasteiger partial charge in [0.1, 0.15) is 10.6 Å². The van der Waals surface area contributed by atoms with Gasteiger partial charge in [-0.2, -0.15) is 5.10 Å². The number of carbonyl (C=O) groups excluding carboxylic acids is 2. The largest absolute Gasteiger partial charge is 0.495 e. The highest BCUT2D eigenvalue weighted by Crippen LogP contribution is 2.26. The average molecular weight is 432 g/mol. The number of aromatic nitrogens is 2. The van der Waals surface area contributed by atoms with Gasteiger partial charge in [-0.25, -0.2) is 23.4 Å². The summed E-state index contributed by atoms with van der Waals surface area (Å²) in [5.41, 5.74) is -0.516. The monoisotopic (exact) mass is 432 g/mol. The highest BCUT2D eigenvalue weighted by Gasteiger charge is 2.19. The number of carbonyl (C=O) groups is 2. The first-order valence-corrected chi connectivity index (χ1v) is 9.90. The first-order chi connectivity index (χ1) is 14.2. The van der Waals surface area contributed by atoms with Crippen LogP contribution < -0.4 is 20.8 Å². The second kappa shape index (κ2) is 8.31. The Labute approximate surface area is 169 Å².